The zero-order valence-electron chi connectivity index (χ0n) is 6.00. The molecule has 9 heavy (non-hydrogen) atoms. The van der Waals surface area contributed by atoms with Gasteiger partial charge in [0.1, 0.15) is 0 Å². The van der Waals surface area contributed by atoms with E-state index in [4.69, 9.17) is 4.74 Å². The Morgan fingerprint density at radius 1 is 1.56 bits per heavy atom. The molecule has 3 rings (SSSR count). The molecule has 0 aromatic carbocycles. The molecule has 0 N–H and O–H groups in total. The molecule has 52 valence electrons. The van der Waals surface area contributed by atoms with E-state index in [1.165, 1.54) is 6.42 Å². The number of likely N-dealkylation sites (N-methyl/N-ethyl adjacent to an activating group) is 1. The number of ether oxygens (including phenoxy) is 1. The van der Waals surface area contributed by atoms with Gasteiger partial charge in [0.15, 0.2) is 0 Å². The molecule has 0 radical (unpaired) electrons. The van der Waals surface area contributed by atoms with Gasteiger partial charge in [-0.2, -0.15) is 0 Å². The molecule has 0 saturated carbocycles. The number of hydrogen-bond acceptors (Lipinski definition) is 2. The summed E-state index contributed by atoms with van der Waals surface area (Å²) >= 11 is 0. The lowest BCUT2D eigenvalue weighted by molar-refractivity contribution is -0.200. The predicted molar refractivity (Wildman–Crippen MR) is 35.4 cm³/mol. The van der Waals surface area contributed by atoms with E-state index < -0.39 is 0 Å². The van der Waals surface area contributed by atoms with E-state index in [1.54, 1.807) is 0 Å². The van der Waals surface area contributed by atoms with Gasteiger partial charge in [0.25, 0.3) is 0 Å². The molecule has 3 atom stereocenters. The van der Waals surface area contributed by atoms with Crippen molar-refractivity contribution in [1.82, 2.24) is 4.90 Å². The number of nitrogens with zero attached hydrogens (tertiary/aromatic N) is 1. The van der Waals surface area contributed by atoms with Crippen LogP contribution < -0.4 is 0 Å². The summed E-state index contributed by atoms with van der Waals surface area (Å²) in [4.78, 5) is 2.38. The molecular formula is C7H13NO. The van der Waals surface area contributed by atoms with Crippen molar-refractivity contribution in [2.45, 2.75) is 31.6 Å². The number of fused-ring (bicyclic) bond motifs is 2. The molecule has 0 aromatic heterocycles. The highest BCUT2D eigenvalue weighted by Gasteiger charge is 2.41. The van der Waals surface area contributed by atoms with Crippen LogP contribution in [0.4, 0.5) is 0 Å². The average molecular weight is 127 g/mol. The predicted octanol–water partition coefficient (Wildman–Crippen LogP) is 0.478. The van der Waals surface area contributed by atoms with Gasteiger partial charge < -0.3 is 4.74 Å². The molecule has 1 unspecified atom stereocenters. The fourth-order valence-corrected chi connectivity index (χ4v) is 1.69. The van der Waals surface area contributed by atoms with Crippen molar-refractivity contribution in [2.24, 2.45) is 0 Å². The van der Waals surface area contributed by atoms with Crippen molar-refractivity contribution in [1.29, 1.82) is 0 Å². The van der Waals surface area contributed by atoms with E-state index in [0.717, 1.165) is 6.54 Å². The second-order valence-corrected chi connectivity index (χ2v) is 3.21. The normalized spacial score (nSPS) is 50.7. The van der Waals surface area contributed by atoms with Crippen LogP contribution in [0.5, 0.6) is 0 Å². The van der Waals surface area contributed by atoms with Gasteiger partial charge in [-0.3, -0.25) is 4.90 Å². The van der Waals surface area contributed by atoms with Crippen molar-refractivity contribution in [3.05, 3.63) is 0 Å². The summed E-state index contributed by atoms with van der Waals surface area (Å²) in [5.41, 5.74) is 0. The standard InChI is InChI=1S/C7H13NO/c1-5-7-3-6(9-7)4-8(5)2/h5-7H,3-4H2,1-2H3/t5?,6-,7+/m1/s1. The number of rotatable bonds is 0. The summed E-state index contributed by atoms with van der Waals surface area (Å²) in [6, 6.07) is 0.648. The van der Waals surface area contributed by atoms with Crippen molar-refractivity contribution >= 4 is 0 Å². The topological polar surface area (TPSA) is 12.5 Å². The number of morpholine rings is 1. The largest absolute Gasteiger partial charge is 0.372 e. The number of piperidine rings is 1. The van der Waals surface area contributed by atoms with Gasteiger partial charge in [-0.1, -0.05) is 0 Å². The second-order valence-electron chi connectivity index (χ2n) is 3.21. The first-order valence-corrected chi connectivity index (χ1v) is 3.63. The van der Waals surface area contributed by atoms with E-state index in [2.05, 4.69) is 18.9 Å². The summed E-state index contributed by atoms with van der Waals surface area (Å²) in [7, 11) is 2.17. The molecule has 0 aromatic rings. The maximum atomic E-state index is 5.52. The molecule has 3 heterocycles. The molecule has 0 spiro atoms. The van der Waals surface area contributed by atoms with Crippen molar-refractivity contribution in [3.63, 3.8) is 0 Å². The molecular weight excluding hydrogens is 114 g/mol. The second kappa shape index (κ2) is 1.70. The zero-order chi connectivity index (χ0) is 6.43. The summed E-state index contributed by atoms with van der Waals surface area (Å²) < 4.78 is 5.52. The van der Waals surface area contributed by atoms with Crippen LogP contribution in [-0.2, 0) is 4.74 Å². The first-order valence-electron chi connectivity index (χ1n) is 3.63. The molecule has 2 heteroatoms. The van der Waals surface area contributed by atoms with Gasteiger partial charge in [-0.25, -0.2) is 0 Å². The Kier molecular flexibility index (Phi) is 1.08. The highest BCUT2D eigenvalue weighted by Crippen LogP contribution is 2.31. The van der Waals surface area contributed by atoms with E-state index in [9.17, 15) is 0 Å². The Morgan fingerprint density at radius 2 is 2.22 bits per heavy atom. The van der Waals surface area contributed by atoms with Gasteiger partial charge >= 0.3 is 0 Å². The minimum atomic E-state index is 0.550. The monoisotopic (exact) mass is 127 g/mol. The van der Waals surface area contributed by atoms with Gasteiger partial charge in [0.05, 0.1) is 12.2 Å². The van der Waals surface area contributed by atoms with E-state index in [-0.39, 0.29) is 0 Å². The molecule has 0 amide bonds. The van der Waals surface area contributed by atoms with Gasteiger partial charge in [0.2, 0.25) is 0 Å². The van der Waals surface area contributed by atoms with Crippen LogP contribution in [0.1, 0.15) is 13.3 Å². The Morgan fingerprint density at radius 3 is 2.56 bits per heavy atom. The molecule has 0 aliphatic carbocycles. The summed E-state index contributed by atoms with van der Waals surface area (Å²) in [5.74, 6) is 0. The van der Waals surface area contributed by atoms with Crippen LogP contribution in [-0.4, -0.2) is 36.7 Å². The maximum Gasteiger partial charge on any atom is 0.0757 e. The van der Waals surface area contributed by atoms with Crippen LogP contribution in [0.15, 0.2) is 0 Å². The molecule has 3 aliphatic rings. The summed E-state index contributed by atoms with van der Waals surface area (Å²) in [6.45, 7) is 3.37. The lowest BCUT2D eigenvalue weighted by Crippen LogP contribution is -2.60. The minimum Gasteiger partial charge on any atom is -0.372 e. The molecule has 3 saturated heterocycles. The highest BCUT2D eigenvalue weighted by atomic mass is 16.5. The SMILES string of the molecule is CC1[C@@H]2C[C@H](CN1C)O2. The third kappa shape index (κ3) is 0.700. The lowest BCUT2D eigenvalue weighted by atomic mass is 9.93. The first-order chi connectivity index (χ1) is 4.27. The minimum absolute atomic E-state index is 0.550. The van der Waals surface area contributed by atoms with E-state index in [0.29, 0.717) is 18.2 Å². The molecule has 3 aliphatic heterocycles. The smallest absolute Gasteiger partial charge is 0.0757 e. The van der Waals surface area contributed by atoms with Gasteiger partial charge in [-0.15, -0.1) is 0 Å². The summed E-state index contributed by atoms with van der Waals surface area (Å²) in [6.07, 6.45) is 2.41. The highest BCUT2D eigenvalue weighted by molar-refractivity contribution is 4.93. The third-order valence-corrected chi connectivity index (χ3v) is 2.59. The number of hydrogen-bond donors (Lipinski definition) is 0. The third-order valence-electron chi connectivity index (χ3n) is 2.59. The van der Waals surface area contributed by atoms with Crippen LogP contribution in [0.3, 0.4) is 0 Å². The first kappa shape index (κ1) is 5.69. The van der Waals surface area contributed by atoms with Crippen molar-refractivity contribution in [3.8, 4) is 0 Å². The Hall–Kier alpha value is -0.0800. The Balaban J connectivity index is 2.04. The van der Waals surface area contributed by atoms with Crippen LogP contribution >= 0.6 is 0 Å². The summed E-state index contributed by atoms with van der Waals surface area (Å²) in [5, 5.41) is 0. The maximum absolute atomic E-state index is 5.52. The van der Waals surface area contributed by atoms with Crippen molar-refractivity contribution < 1.29 is 4.74 Å². The van der Waals surface area contributed by atoms with Crippen LogP contribution in [0.25, 0.3) is 0 Å². The molecule has 2 bridgehead atoms. The molecule has 2 nitrogen and oxygen atoms in total. The van der Waals surface area contributed by atoms with Crippen molar-refractivity contribution in [2.75, 3.05) is 13.6 Å². The Labute approximate surface area is 55.8 Å². The van der Waals surface area contributed by atoms with Gasteiger partial charge in [-0.05, 0) is 14.0 Å². The fraction of sp³-hybridized carbons (Fsp3) is 1.00. The zero-order valence-corrected chi connectivity index (χ0v) is 6.00. The van der Waals surface area contributed by atoms with Gasteiger partial charge in [0, 0.05) is 19.0 Å². The van der Waals surface area contributed by atoms with Crippen LogP contribution in [0, 0.1) is 0 Å². The lowest BCUT2D eigenvalue weighted by Gasteiger charge is -2.50. The average Bonchev–Trinajstić information content (AvgIpc) is 1.72. The Bertz CT molecular complexity index is 118. The van der Waals surface area contributed by atoms with E-state index in [1.807, 2.05) is 0 Å². The fourth-order valence-electron chi connectivity index (χ4n) is 1.69. The quantitative estimate of drug-likeness (QED) is 0.469. The van der Waals surface area contributed by atoms with E-state index >= 15 is 0 Å². The molecule has 3 fully saturated rings. The van der Waals surface area contributed by atoms with Crippen LogP contribution in [0.2, 0.25) is 0 Å².